The Morgan fingerprint density at radius 2 is 1.41 bits per heavy atom. The molecule has 0 fully saturated rings. The molecule has 0 N–H and O–H groups in total. The summed E-state index contributed by atoms with van der Waals surface area (Å²) < 4.78 is 17.5. The van der Waals surface area contributed by atoms with Gasteiger partial charge in [-0.25, -0.2) is 0 Å². The van der Waals surface area contributed by atoms with Crippen molar-refractivity contribution in [2.75, 3.05) is 0 Å². The van der Waals surface area contributed by atoms with Crippen LogP contribution >= 0.6 is 7.14 Å². The SMILES string of the molecule is O=P1(c2ccccc2)c2ccccc2-c2c1ccc1c3ccccc3n(-c3cccc4cccnc34)c21. The summed E-state index contributed by atoms with van der Waals surface area (Å²) >= 11 is 0. The van der Waals surface area contributed by atoms with Gasteiger partial charge in [0.1, 0.15) is 0 Å². The van der Waals surface area contributed by atoms with Gasteiger partial charge in [-0.05, 0) is 29.8 Å². The zero-order valence-electron chi connectivity index (χ0n) is 19.9. The average Bonchev–Trinajstić information content (AvgIpc) is 3.44. The topological polar surface area (TPSA) is 34.9 Å². The molecule has 0 bridgehead atoms. The predicted octanol–water partition coefficient (Wildman–Crippen LogP) is 6.95. The molecule has 1 aliphatic heterocycles. The van der Waals surface area contributed by atoms with Crippen LogP contribution < -0.4 is 15.9 Å². The zero-order chi connectivity index (χ0) is 24.6. The van der Waals surface area contributed by atoms with Crippen molar-refractivity contribution in [1.29, 1.82) is 0 Å². The molecule has 174 valence electrons. The van der Waals surface area contributed by atoms with Crippen LogP contribution in [0.15, 0.2) is 128 Å². The summed E-state index contributed by atoms with van der Waals surface area (Å²) in [5.41, 5.74) is 6.28. The number of hydrogen-bond donors (Lipinski definition) is 0. The Hall–Kier alpha value is -4.46. The second-order valence-electron chi connectivity index (χ2n) is 9.52. The van der Waals surface area contributed by atoms with Crippen molar-refractivity contribution in [3.8, 4) is 16.8 Å². The minimum atomic E-state index is -3.04. The lowest BCUT2D eigenvalue weighted by Crippen LogP contribution is -2.20. The Morgan fingerprint density at radius 3 is 2.32 bits per heavy atom. The summed E-state index contributed by atoms with van der Waals surface area (Å²) in [6, 6.07) is 41.3. The fourth-order valence-electron chi connectivity index (χ4n) is 6.10. The van der Waals surface area contributed by atoms with Crippen LogP contribution in [0.4, 0.5) is 0 Å². The van der Waals surface area contributed by atoms with E-state index in [9.17, 15) is 0 Å². The minimum Gasteiger partial charge on any atom is -0.309 e. The molecule has 7 aromatic rings. The van der Waals surface area contributed by atoms with Crippen molar-refractivity contribution >= 4 is 55.8 Å². The number of pyridine rings is 1. The van der Waals surface area contributed by atoms with Crippen LogP contribution in [0.1, 0.15) is 0 Å². The first kappa shape index (κ1) is 20.7. The van der Waals surface area contributed by atoms with Gasteiger partial charge in [0, 0.05) is 43.8 Å². The van der Waals surface area contributed by atoms with Crippen LogP contribution in [0.3, 0.4) is 0 Å². The number of fused-ring (bicyclic) bond motifs is 8. The molecule has 5 aromatic carbocycles. The Morgan fingerprint density at radius 1 is 0.622 bits per heavy atom. The van der Waals surface area contributed by atoms with Crippen LogP contribution in [-0.2, 0) is 4.57 Å². The highest BCUT2D eigenvalue weighted by molar-refractivity contribution is 7.86. The molecule has 1 unspecified atom stereocenters. The summed E-state index contributed by atoms with van der Waals surface area (Å²) in [5, 5.41) is 6.11. The molecule has 0 radical (unpaired) electrons. The van der Waals surface area contributed by atoms with Gasteiger partial charge in [0.05, 0.1) is 22.2 Å². The molecule has 0 saturated carbocycles. The maximum absolute atomic E-state index is 15.2. The maximum Gasteiger partial charge on any atom is 0.172 e. The van der Waals surface area contributed by atoms with Gasteiger partial charge in [0.2, 0.25) is 0 Å². The molecule has 4 heteroatoms. The first-order valence-corrected chi connectivity index (χ1v) is 14.1. The van der Waals surface area contributed by atoms with E-state index < -0.39 is 7.14 Å². The lowest BCUT2D eigenvalue weighted by atomic mass is 10.0. The van der Waals surface area contributed by atoms with Gasteiger partial charge in [-0.3, -0.25) is 4.98 Å². The van der Waals surface area contributed by atoms with E-state index in [4.69, 9.17) is 4.98 Å². The maximum atomic E-state index is 15.2. The van der Waals surface area contributed by atoms with E-state index in [1.54, 1.807) is 0 Å². The van der Waals surface area contributed by atoms with Crippen molar-refractivity contribution in [2.45, 2.75) is 0 Å². The summed E-state index contributed by atoms with van der Waals surface area (Å²) in [6.45, 7) is 0. The van der Waals surface area contributed by atoms with Crippen molar-refractivity contribution in [3.05, 3.63) is 128 Å². The van der Waals surface area contributed by atoms with E-state index >= 15 is 4.57 Å². The number of benzene rings is 5. The number of para-hydroxylation sites is 2. The zero-order valence-corrected chi connectivity index (χ0v) is 20.8. The first-order valence-electron chi connectivity index (χ1n) is 12.4. The Labute approximate surface area is 214 Å². The van der Waals surface area contributed by atoms with E-state index in [2.05, 4.69) is 77.4 Å². The molecule has 8 rings (SSSR count). The third-order valence-electron chi connectivity index (χ3n) is 7.64. The summed E-state index contributed by atoms with van der Waals surface area (Å²) in [4.78, 5) is 4.79. The van der Waals surface area contributed by atoms with E-state index in [0.29, 0.717) is 0 Å². The van der Waals surface area contributed by atoms with Gasteiger partial charge in [0.25, 0.3) is 0 Å². The van der Waals surface area contributed by atoms with Gasteiger partial charge in [0.15, 0.2) is 7.14 Å². The van der Waals surface area contributed by atoms with Crippen LogP contribution in [0.25, 0.3) is 49.5 Å². The first-order chi connectivity index (χ1) is 18.3. The molecule has 1 atom stereocenters. The Bertz CT molecular complexity index is 2070. The lowest BCUT2D eigenvalue weighted by Gasteiger charge is -2.16. The fourth-order valence-corrected chi connectivity index (χ4v) is 9.15. The highest BCUT2D eigenvalue weighted by Crippen LogP contribution is 2.54. The van der Waals surface area contributed by atoms with Gasteiger partial charge >= 0.3 is 0 Å². The number of hydrogen-bond acceptors (Lipinski definition) is 2. The lowest BCUT2D eigenvalue weighted by molar-refractivity contribution is 0.593. The third kappa shape index (κ3) is 2.67. The Balaban J connectivity index is 1.61. The molecule has 3 heterocycles. The smallest absolute Gasteiger partial charge is 0.172 e. The normalized spacial score (nSPS) is 16.3. The van der Waals surface area contributed by atoms with Gasteiger partial charge < -0.3 is 9.13 Å². The molecular formula is C33H21N2OP. The van der Waals surface area contributed by atoms with Gasteiger partial charge in [-0.2, -0.15) is 0 Å². The average molecular weight is 493 g/mol. The van der Waals surface area contributed by atoms with Crippen molar-refractivity contribution in [2.24, 2.45) is 0 Å². The minimum absolute atomic E-state index is 0.870. The Kier molecular flexibility index (Phi) is 4.21. The summed E-state index contributed by atoms with van der Waals surface area (Å²) in [5.74, 6) is 0. The van der Waals surface area contributed by atoms with Crippen LogP contribution in [0.2, 0.25) is 0 Å². The standard InChI is InChI=1S/C33H21N2OP/c36-37(23-12-2-1-3-13-23)29-18-7-5-15-26(29)31-30(37)20-19-25-24-14-4-6-16-27(24)35(33(25)31)28-17-8-10-22-11-9-21-34-32(22)28/h1-21H. The predicted molar refractivity (Wildman–Crippen MR) is 154 cm³/mol. The molecule has 0 aliphatic carbocycles. The van der Waals surface area contributed by atoms with Crippen LogP contribution in [0, 0.1) is 0 Å². The quantitative estimate of drug-likeness (QED) is 0.245. The van der Waals surface area contributed by atoms with E-state index in [1.165, 1.54) is 5.39 Å². The van der Waals surface area contributed by atoms with Crippen molar-refractivity contribution in [3.63, 3.8) is 0 Å². The van der Waals surface area contributed by atoms with Gasteiger partial charge in [-0.15, -0.1) is 0 Å². The monoisotopic (exact) mass is 492 g/mol. The number of aromatic nitrogens is 2. The molecule has 37 heavy (non-hydrogen) atoms. The largest absolute Gasteiger partial charge is 0.309 e. The fraction of sp³-hybridized carbons (Fsp3) is 0. The summed E-state index contributed by atoms with van der Waals surface area (Å²) in [6.07, 6.45) is 1.85. The van der Waals surface area contributed by atoms with Gasteiger partial charge in [-0.1, -0.05) is 97.1 Å². The van der Waals surface area contributed by atoms with E-state index in [1.807, 2.05) is 54.7 Å². The van der Waals surface area contributed by atoms with Crippen LogP contribution in [0.5, 0.6) is 0 Å². The van der Waals surface area contributed by atoms with Crippen LogP contribution in [-0.4, -0.2) is 9.55 Å². The molecule has 2 aromatic heterocycles. The number of nitrogens with zero attached hydrogens (tertiary/aromatic N) is 2. The van der Waals surface area contributed by atoms with E-state index in [0.717, 1.165) is 60.1 Å². The highest BCUT2D eigenvalue weighted by Gasteiger charge is 2.41. The van der Waals surface area contributed by atoms with E-state index in [-0.39, 0.29) is 0 Å². The molecule has 0 amide bonds. The molecule has 0 saturated heterocycles. The third-order valence-corrected chi connectivity index (χ3v) is 10.8. The molecule has 0 spiro atoms. The second kappa shape index (κ2) is 7.52. The molecule has 1 aliphatic rings. The molecule has 3 nitrogen and oxygen atoms in total. The second-order valence-corrected chi connectivity index (χ2v) is 12.2. The highest BCUT2D eigenvalue weighted by atomic mass is 31.2. The van der Waals surface area contributed by atoms with Crippen molar-refractivity contribution < 1.29 is 4.57 Å². The van der Waals surface area contributed by atoms with Crippen molar-refractivity contribution in [1.82, 2.24) is 9.55 Å². The molecular weight excluding hydrogens is 471 g/mol. The summed E-state index contributed by atoms with van der Waals surface area (Å²) in [7, 11) is -3.04. The number of rotatable bonds is 2.